The van der Waals surface area contributed by atoms with E-state index in [1.165, 1.54) is 0 Å². The van der Waals surface area contributed by atoms with E-state index in [2.05, 4.69) is 5.32 Å². The molecule has 0 unspecified atom stereocenters. The molecule has 2 aromatic rings. The fraction of sp³-hybridized carbons (Fsp3) is 0.417. The summed E-state index contributed by atoms with van der Waals surface area (Å²) in [6, 6.07) is 15.0. The third kappa shape index (κ3) is 6.63. The largest absolute Gasteiger partial charge is 0.483 e. The van der Waals surface area contributed by atoms with Crippen molar-refractivity contribution in [3.05, 3.63) is 65.2 Å². The van der Waals surface area contributed by atoms with Gasteiger partial charge >= 0.3 is 0 Å². The number of hydrogen-bond donors (Lipinski definition) is 1. The third-order valence-corrected chi connectivity index (χ3v) is 5.06. The lowest BCUT2D eigenvalue weighted by Gasteiger charge is -2.29. The zero-order valence-corrected chi connectivity index (χ0v) is 18.1. The van der Waals surface area contributed by atoms with Crippen LogP contribution in [0.2, 0.25) is 0 Å². The van der Waals surface area contributed by atoms with E-state index in [9.17, 15) is 9.59 Å². The predicted molar refractivity (Wildman–Crippen MR) is 116 cm³/mol. The second kappa shape index (κ2) is 10.6. The first-order chi connectivity index (χ1) is 13.8. The Hall–Kier alpha value is -2.82. The lowest BCUT2D eigenvalue weighted by molar-refractivity contribution is -0.142. The average molecular weight is 397 g/mol. The molecule has 2 aromatic carbocycles. The summed E-state index contributed by atoms with van der Waals surface area (Å²) in [7, 11) is 0. The van der Waals surface area contributed by atoms with Gasteiger partial charge in [0, 0.05) is 12.6 Å². The first-order valence-corrected chi connectivity index (χ1v) is 10.2. The summed E-state index contributed by atoms with van der Waals surface area (Å²) >= 11 is 0. The molecule has 29 heavy (non-hydrogen) atoms. The molecule has 0 aliphatic heterocycles. The van der Waals surface area contributed by atoms with Gasteiger partial charge in [-0.15, -0.1) is 0 Å². The van der Waals surface area contributed by atoms with Gasteiger partial charge in [-0.3, -0.25) is 9.59 Å². The molecular weight excluding hydrogens is 364 g/mol. The maximum absolute atomic E-state index is 13.0. The van der Waals surface area contributed by atoms with E-state index < -0.39 is 6.04 Å². The standard InChI is InChI=1S/C24H32N2O3/c1-6-19(4)25-24(28)20(5)26(15-21-10-8-7-9-11-21)23(27)16-29-22-14-17(2)12-13-18(22)3/h7-14,19-20H,6,15-16H2,1-5H3,(H,25,28)/t19-,20-/m1/s1. The molecule has 2 rings (SSSR count). The van der Waals surface area contributed by atoms with Gasteiger partial charge in [-0.05, 0) is 56.9 Å². The molecule has 0 fully saturated rings. The van der Waals surface area contributed by atoms with Crippen LogP contribution in [0.1, 0.15) is 43.9 Å². The van der Waals surface area contributed by atoms with E-state index in [0.717, 1.165) is 23.1 Å². The number of aryl methyl sites for hydroxylation is 2. The number of amides is 2. The summed E-state index contributed by atoms with van der Waals surface area (Å²) in [5, 5.41) is 2.97. The maximum atomic E-state index is 13.0. The van der Waals surface area contributed by atoms with Crippen LogP contribution in [0.4, 0.5) is 0 Å². The van der Waals surface area contributed by atoms with Crippen LogP contribution in [0.25, 0.3) is 0 Å². The van der Waals surface area contributed by atoms with Gasteiger partial charge in [0.05, 0.1) is 0 Å². The number of carbonyl (C=O) groups excluding carboxylic acids is 2. The molecule has 2 amide bonds. The summed E-state index contributed by atoms with van der Waals surface area (Å²) in [5.74, 6) is 0.312. The van der Waals surface area contributed by atoms with E-state index in [4.69, 9.17) is 4.74 Å². The Balaban J connectivity index is 2.15. The highest BCUT2D eigenvalue weighted by molar-refractivity contribution is 5.88. The zero-order chi connectivity index (χ0) is 21.4. The molecule has 0 heterocycles. The highest BCUT2D eigenvalue weighted by Crippen LogP contribution is 2.19. The molecule has 156 valence electrons. The van der Waals surface area contributed by atoms with E-state index >= 15 is 0 Å². The van der Waals surface area contributed by atoms with Crippen LogP contribution in [-0.2, 0) is 16.1 Å². The molecular formula is C24H32N2O3. The van der Waals surface area contributed by atoms with Gasteiger partial charge < -0.3 is 15.0 Å². The molecule has 0 spiro atoms. The van der Waals surface area contributed by atoms with Gasteiger partial charge in [0.15, 0.2) is 6.61 Å². The highest BCUT2D eigenvalue weighted by Gasteiger charge is 2.27. The van der Waals surface area contributed by atoms with Crippen molar-refractivity contribution in [2.45, 2.75) is 59.7 Å². The number of rotatable bonds is 9. The Morgan fingerprint density at radius 3 is 2.41 bits per heavy atom. The van der Waals surface area contributed by atoms with Crippen molar-refractivity contribution >= 4 is 11.8 Å². The first-order valence-electron chi connectivity index (χ1n) is 10.2. The van der Waals surface area contributed by atoms with Crippen molar-refractivity contribution in [1.29, 1.82) is 0 Å². The van der Waals surface area contributed by atoms with Crippen LogP contribution >= 0.6 is 0 Å². The average Bonchev–Trinajstić information content (AvgIpc) is 2.72. The Kier molecular flexibility index (Phi) is 8.25. The number of nitrogens with one attached hydrogen (secondary N) is 1. The topological polar surface area (TPSA) is 58.6 Å². The normalized spacial score (nSPS) is 12.7. The number of ether oxygens (including phenoxy) is 1. The van der Waals surface area contributed by atoms with Crippen LogP contribution in [0.15, 0.2) is 48.5 Å². The van der Waals surface area contributed by atoms with Gasteiger partial charge in [0.2, 0.25) is 5.91 Å². The lowest BCUT2D eigenvalue weighted by atomic mass is 10.1. The molecule has 0 saturated carbocycles. The van der Waals surface area contributed by atoms with E-state index in [1.807, 2.05) is 76.2 Å². The molecule has 0 radical (unpaired) electrons. The quantitative estimate of drug-likeness (QED) is 0.697. The van der Waals surface area contributed by atoms with Crippen LogP contribution < -0.4 is 10.1 Å². The Bertz CT molecular complexity index is 820. The summed E-state index contributed by atoms with van der Waals surface area (Å²) in [5.41, 5.74) is 3.01. The van der Waals surface area contributed by atoms with Crippen LogP contribution in [0, 0.1) is 13.8 Å². The summed E-state index contributed by atoms with van der Waals surface area (Å²) in [4.78, 5) is 27.3. The van der Waals surface area contributed by atoms with Crippen molar-refractivity contribution in [3.63, 3.8) is 0 Å². The summed E-state index contributed by atoms with van der Waals surface area (Å²) in [6.07, 6.45) is 0.834. The van der Waals surface area contributed by atoms with Crippen molar-refractivity contribution in [1.82, 2.24) is 10.2 Å². The molecule has 5 heteroatoms. The number of hydrogen-bond acceptors (Lipinski definition) is 3. The Morgan fingerprint density at radius 2 is 1.76 bits per heavy atom. The predicted octanol–water partition coefficient (Wildman–Crippen LogP) is 4.01. The Labute approximate surface area is 174 Å². The molecule has 0 bridgehead atoms. The van der Waals surface area contributed by atoms with Crippen molar-refractivity contribution < 1.29 is 14.3 Å². The van der Waals surface area contributed by atoms with Gasteiger partial charge in [-0.1, -0.05) is 49.4 Å². The molecule has 0 aromatic heterocycles. The minimum absolute atomic E-state index is 0.0600. The third-order valence-electron chi connectivity index (χ3n) is 5.06. The smallest absolute Gasteiger partial charge is 0.261 e. The summed E-state index contributed by atoms with van der Waals surface area (Å²) in [6.45, 7) is 9.90. The van der Waals surface area contributed by atoms with Crippen LogP contribution in [-0.4, -0.2) is 35.4 Å². The van der Waals surface area contributed by atoms with E-state index in [0.29, 0.717) is 12.3 Å². The molecule has 1 N–H and O–H groups in total. The van der Waals surface area contributed by atoms with Crippen molar-refractivity contribution in [2.75, 3.05) is 6.61 Å². The zero-order valence-electron chi connectivity index (χ0n) is 18.1. The van der Waals surface area contributed by atoms with Gasteiger partial charge in [-0.25, -0.2) is 0 Å². The molecule has 0 aliphatic rings. The minimum Gasteiger partial charge on any atom is -0.483 e. The van der Waals surface area contributed by atoms with E-state index in [-0.39, 0.29) is 24.5 Å². The second-order valence-electron chi connectivity index (χ2n) is 7.56. The number of benzene rings is 2. The maximum Gasteiger partial charge on any atom is 0.261 e. The number of nitrogens with zero attached hydrogens (tertiary/aromatic N) is 1. The van der Waals surface area contributed by atoms with Crippen LogP contribution in [0.5, 0.6) is 5.75 Å². The molecule has 2 atom stereocenters. The lowest BCUT2D eigenvalue weighted by Crippen LogP contribution is -2.50. The second-order valence-corrected chi connectivity index (χ2v) is 7.56. The highest BCUT2D eigenvalue weighted by atomic mass is 16.5. The Morgan fingerprint density at radius 1 is 1.07 bits per heavy atom. The molecule has 5 nitrogen and oxygen atoms in total. The monoisotopic (exact) mass is 396 g/mol. The van der Waals surface area contributed by atoms with E-state index in [1.54, 1.807) is 11.8 Å². The number of carbonyl (C=O) groups is 2. The molecule has 0 aliphatic carbocycles. The minimum atomic E-state index is -0.598. The van der Waals surface area contributed by atoms with Gasteiger partial charge in [0.25, 0.3) is 5.91 Å². The fourth-order valence-electron chi connectivity index (χ4n) is 2.91. The first kappa shape index (κ1) is 22.5. The van der Waals surface area contributed by atoms with Crippen LogP contribution in [0.3, 0.4) is 0 Å². The van der Waals surface area contributed by atoms with Crippen molar-refractivity contribution in [3.8, 4) is 5.75 Å². The van der Waals surface area contributed by atoms with Gasteiger partial charge in [0.1, 0.15) is 11.8 Å². The molecule has 0 saturated heterocycles. The summed E-state index contributed by atoms with van der Waals surface area (Å²) < 4.78 is 5.81. The van der Waals surface area contributed by atoms with Crippen molar-refractivity contribution in [2.24, 2.45) is 0 Å². The SMILES string of the molecule is CC[C@@H](C)NC(=O)[C@@H](C)N(Cc1ccccc1)C(=O)COc1cc(C)ccc1C. The van der Waals surface area contributed by atoms with Gasteiger partial charge in [-0.2, -0.15) is 0 Å². The fourth-order valence-corrected chi connectivity index (χ4v) is 2.91.